The van der Waals surface area contributed by atoms with Crippen molar-refractivity contribution < 1.29 is 5.11 Å². The molecule has 0 unspecified atom stereocenters. The van der Waals surface area contributed by atoms with Crippen molar-refractivity contribution in [1.29, 1.82) is 0 Å². The Morgan fingerprint density at radius 3 is 2.50 bits per heavy atom. The normalized spacial score (nSPS) is 12.9. The minimum absolute atomic E-state index is 0.187. The third kappa shape index (κ3) is 2.70. The van der Waals surface area contributed by atoms with Gasteiger partial charge in [-0.25, -0.2) is 0 Å². The molecule has 0 heterocycles. The predicted molar refractivity (Wildman–Crippen MR) is 64.1 cm³/mol. The zero-order valence-corrected chi connectivity index (χ0v) is 10.7. The van der Waals surface area contributed by atoms with Crippen LogP contribution in [0.2, 0.25) is 0 Å². The first-order valence-electron chi connectivity index (χ1n) is 4.19. The summed E-state index contributed by atoms with van der Waals surface area (Å²) in [6, 6.07) is 3.24. The van der Waals surface area contributed by atoms with Crippen molar-refractivity contribution in [1.82, 2.24) is 0 Å². The molecule has 5 N–H and O–H groups in total. The summed E-state index contributed by atoms with van der Waals surface area (Å²) in [6.45, 7) is 0.503. The zero-order chi connectivity index (χ0) is 10.7. The second-order valence-electron chi connectivity index (χ2n) is 3.00. The van der Waals surface area contributed by atoms with Crippen molar-refractivity contribution in [2.45, 2.75) is 12.5 Å². The molecule has 0 aliphatic carbocycles. The van der Waals surface area contributed by atoms with E-state index in [0.717, 1.165) is 8.95 Å². The van der Waals surface area contributed by atoms with E-state index in [4.69, 9.17) is 11.5 Å². The lowest BCUT2D eigenvalue weighted by Crippen LogP contribution is -2.16. The van der Waals surface area contributed by atoms with Gasteiger partial charge in [-0.1, -0.05) is 31.9 Å². The molecule has 0 bridgehead atoms. The molecule has 1 aromatic rings. The van der Waals surface area contributed by atoms with Crippen LogP contribution in [0.3, 0.4) is 0 Å². The van der Waals surface area contributed by atoms with E-state index in [-0.39, 0.29) is 11.8 Å². The van der Waals surface area contributed by atoms with Crippen LogP contribution in [-0.4, -0.2) is 11.7 Å². The number of aromatic hydroxyl groups is 1. The maximum atomic E-state index is 9.69. The van der Waals surface area contributed by atoms with Gasteiger partial charge in [0, 0.05) is 20.6 Å². The summed E-state index contributed by atoms with van der Waals surface area (Å²) >= 11 is 6.64. The van der Waals surface area contributed by atoms with Gasteiger partial charge in [-0.05, 0) is 25.1 Å². The largest absolute Gasteiger partial charge is 0.508 e. The van der Waals surface area contributed by atoms with Crippen molar-refractivity contribution in [3.05, 3.63) is 26.6 Å². The Kier molecular flexibility index (Phi) is 4.37. The van der Waals surface area contributed by atoms with Gasteiger partial charge in [0.2, 0.25) is 0 Å². The van der Waals surface area contributed by atoms with Crippen molar-refractivity contribution in [3.8, 4) is 5.75 Å². The van der Waals surface area contributed by atoms with Crippen molar-refractivity contribution >= 4 is 31.9 Å². The molecule has 0 amide bonds. The number of halogens is 2. The standard InChI is InChI=1S/C9H12Br2N2O/c10-5-3-6(11)9(8(14)4-5)7(13)1-2-12/h3-4,7,14H,1-2,12-13H2/t7-/m0/s1. The molecule has 0 aliphatic heterocycles. The Balaban J connectivity index is 3.07. The molecule has 0 aliphatic rings. The highest BCUT2D eigenvalue weighted by Crippen LogP contribution is 2.34. The molecular formula is C9H12Br2N2O. The Bertz CT molecular complexity index is 308. The van der Waals surface area contributed by atoms with Gasteiger partial charge in [0.05, 0.1) is 0 Å². The second-order valence-corrected chi connectivity index (χ2v) is 4.77. The zero-order valence-electron chi connectivity index (χ0n) is 7.50. The molecule has 1 atom stereocenters. The van der Waals surface area contributed by atoms with Crippen molar-refractivity contribution in [3.63, 3.8) is 0 Å². The molecule has 78 valence electrons. The van der Waals surface area contributed by atoms with E-state index in [0.29, 0.717) is 18.5 Å². The fourth-order valence-electron chi connectivity index (χ4n) is 1.26. The van der Waals surface area contributed by atoms with Crippen LogP contribution >= 0.6 is 31.9 Å². The topological polar surface area (TPSA) is 72.3 Å². The first-order chi connectivity index (χ1) is 6.56. The number of phenolic OH excluding ortho intramolecular Hbond substituents is 1. The van der Waals surface area contributed by atoms with E-state index in [1.54, 1.807) is 6.07 Å². The fraction of sp³-hybridized carbons (Fsp3) is 0.333. The van der Waals surface area contributed by atoms with Gasteiger partial charge >= 0.3 is 0 Å². The van der Waals surface area contributed by atoms with Crippen LogP contribution in [0.4, 0.5) is 0 Å². The first-order valence-corrected chi connectivity index (χ1v) is 5.78. The Morgan fingerprint density at radius 2 is 2.00 bits per heavy atom. The summed E-state index contributed by atoms with van der Waals surface area (Å²) in [6.07, 6.45) is 0.647. The van der Waals surface area contributed by atoms with Gasteiger partial charge in [-0.2, -0.15) is 0 Å². The molecule has 1 aromatic carbocycles. The number of rotatable bonds is 3. The third-order valence-corrected chi connectivity index (χ3v) is 3.03. The van der Waals surface area contributed by atoms with Crippen LogP contribution in [0.15, 0.2) is 21.1 Å². The number of hydrogen-bond donors (Lipinski definition) is 3. The SMILES string of the molecule is NCC[C@H](N)c1c(O)cc(Br)cc1Br. The molecule has 1 rings (SSSR count). The van der Waals surface area contributed by atoms with Crippen LogP contribution in [0.25, 0.3) is 0 Å². The monoisotopic (exact) mass is 322 g/mol. The summed E-state index contributed by atoms with van der Waals surface area (Å²) in [7, 11) is 0. The molecular weight excluding hydrogens is 312 g/mol. The summed E-state index contributed by atoms with van der Waals surface area (Å²) in [4.78, 5) is 0. The smallest absolute Gasteiger partial charge is 0.122 e. The van der Waals surface area contributed by atoms with Crippen LogP contribution in [0.5, 0.6) is 5.75 Å². The molecule has 0 saturated carbocycles. The summed E-state index contributed by atoms with van der Waals surface area (Å²) in [5.74, 6) is 0.187. The van der Waals surface area contributed by atoms with Gasteiger partial charge in [0.15, 0.2) is 0 Å². The Hall–Kier alpha value is -0.100. The van der Waals surface area contributed by atoms with E-state index < -0.39 is 0 Å². The van der Waals surface area contributed by atoms with Crippen LogP contribution in [0, 0.1) is 0 Å². The Labute approximate surface area is 99.7 Å². The van der Waals surface area contributed by atoms with E-state index in [1.807, 2.05) is 6.07 Å². The van der Waals surface area contributed by atoms with Crippen LogP contribution in [-0.2, 0) is 0 Å². The van der Waals surface area contributed by atoms with Gasteiger partial charge in [-0.3, -0.25) is 0 Å². The second kappa shape index (κ2) is 5.11. The number of nitrogens with two attached hydrogens (primary N) is 2. The lowest BCUT2D eigenvalue weighted by Gasteiger charge is -2.14. The van der Waals surface area contributed by atoms with E-state index in [9.17, 15) is 5.11 Å². The van der Waals surface area contributed by atoms with Gasteiger partial charge in [0.25, 0.3) is 0 Å². The average molecular weight is 324 g/mol. The molecule has 0 spiro atoms. The van der Waals surface area contributed by atoms with Crippen molar-refractivity contribution in [2.24, 2.45) is 11.5 Å². The average Bonchev–Trinajstić information content (AvgIpc) is 2.01. The lowest BCUT2D eigenvalue weighted by molar-refractivity contribution is 0.458. The minimum atomic E-state index is -0.234. The quantitative estimate of drug-likeness (QED) is 0.799. The maximum absolute atomic E-state index is 9.69. The molecule has 3 nitrogen and oxygen atoms in total. The molecule has 0 radical (unpaired) electrons. The number of phenols is 1. The van der Waals surface area contributed by atoms with Crippen LogP contribution < -0.4 is 11.5 Å². The highest BCUT2D eigenvalue weighted by molar-refractivity contribution is 9.11. The molecule has 5 heteroatoms. The van der Waals surface area contributed by atoms with Crippen LogP contribution in [0.1, 0.15) is 18.0 Å². The maximum Gasteiger partial charge on any atom is 0.122 e. The van der Waals surface area contributed by atoms with E-state index >= 15 is 0 Å². The first kappa shape index (κ1) is 12.0. The van der Waals surface area contributed by atoms with Gasteiger partial charge in [0.1, 0.15) is 5.75 Å². The number of benzene rings is 1. The van der Waals surface area contributed by atoms with Gasteiger partial charge in [-0.15, -0.1) is 0 Å². The summed E-state index contributed by atoms with van der Waals surface area (Å²) in [5.41, 5.74) is 12.0. The van der Waals surface area contributed by atoms with E-state index in [2.05, 4.69) is 31.9 Å². The molecule has 0 saturated heterocycles. The third-order valence-electron chi connectivity index (χ3n) is 1.92. The van der Waals surface area contributed by atoms with Crippen molar-refractivity contribution in [2.75, 3.05) is 6.54 Å². The predicted octanol–water partition coefficient (Wildman–Crippen LogP) is 2.27. The summed E-state index contributed by atoms with van der Waals surface area (Å²) in [5, 5.41) is 9.69. The molecule has 0 fully saturated rings. The summed E-state index contributed by atoms with van der Waals surface area (Å²) < 4.78 is 1.61. The lowest BCUT2D eigenvalue weighted by atomic mass is 10.0. The minimum Gasteiger partial charge on any atom is -0.508 e. The highest BCUT2D eigenvalue weighted by Gasteiger charge is 2.14. The molecule has 0 aromatic heterocycles. The fourth-order valence-corrected chi connectivity index (χ4v) is 2.76. The Morgan fingerprint density at radius 1 is 1.36 bits per heavy atom. The highest BCUT2D eigenvalue weighted by atomic mass is 79.9. The van der Waals surface area contributed by atoms with E-state index in [1.165, 1.54) is 0 Å². The van der Waals surface area contributed by atoms with Gasteiger partial charge < -0.3 is 16.6 Å². The molecule has 14 heavy (non-hydrogen) atoms. The number of hydrogen-bond acceptors (Lipinski definition) is 3.